The maximum atomic E-state index is 11.5. The highest BCUT2D eigenvalue weighted by Crippen LogP contribution is 2.26. The molecule has 5 nitrogen and oxygen atoms in total. The number of aromatic nitrogens is 1. The predicted octanol–water partition coefficient (Wildman–Crippen LogP) is 1.41. The summed E-state index contributed by atoms with van der Waals surface area (Å²) in [5.41, 5.74) is 2.38. The summed E-state index contributed by atoms with van der Waals surface area (Å²) >= 11 is 0. The van der Waals surface area contributed by atoms with E-state index in [2.05, 4.69) is 5.32 Å². The van der Waals surface area contributed by atoms with Gasteiger partial charge in [-0.05, 0) is 31.2 Å². The molecule has 1 heterocycles. The molecule has 0 spiro atoms. The lowest BCUT2D eigenvalue weighted by Gasteiger charge is -2.24. The van der Waals surface area contributed by atoms with Gasteiger partial charge in [0.05, 0.1) is 5.52 Å². The summed E-state index contributed by atoms with van der Waals surface area (Å²) in [7, 11) is 3.56. The second-order valence-corrected chi connectivity index (χ2v) is 4.77. The van der Waals surface area contributed by atoms with E-state index in [-0.39, 0.29) is 24.3 Å². The molecule has 2 unspecified atom stereocenters. The van der Waals surface area contributed by atoms with Crippen LogP contribution in [0.25, 0.3) is 11.1 Å². The standard InChI is InChI=1S/C14H20N2O3/c1-4-9(8-17)13(15-2)10-5-6-11-12(7-10)19-14(18)16(11)3/h5-7,9,13,15,17H,4,8H2,1-3H3. The molecule has 104 valence electrons. The van der Waals surface area contributed by atoms with Crippen LogP contribution in [0.15, 0.2) is 27.4 Å². The highest BCUT2D eigenvalue weighted by atomic mass is 16.4. The number of nitrogens with one attached hydrogen (secondary N) is 1. The Balaban J connectivity index is 2.47. The van der Waals surface area contributed by atoms with Crippen molar-refractivity contribution in [2.75, 3.05) is 13.7 Å². The summed E-state index contributed by atoms with van der Waals surface area (Å²) in [4.78, 5) is 11.5. The van der Waals surface area contributed by atoms with Gasteiger partial charge in [0.15, 0.2) is 5.58 Å². The Kier molecular flexibility index (Phi) is 4.07. The Morgan fingerprint density at radius 2 is 2.21 bits per heavy atom. The van der Waals surface area contributed by atoms with E-state index >= 15 is 0 Å². The molecule has 2 atom stereocenters. The minimum Gasteiger partial charge on any atom is -0.408 e. The quantitative estimate of drug-likeness (QED) is 0.857. The molecule has 0 aliphatic carbocycles. The SMILES string of the molecule is CCC(CO)C(NC)c1ccc2c(c1)oc(=O)n2C. The van der Waals surface area contributed by atoms with Crippen molar-refractivity contribution < 1.29 is 9.52 Å². The normalized spacial score (nSPS) is 14.7. The van der Waals surface area contributed by atoms with Crippen molar-refractivity contribution in [2.45, 2.75) is 19.4 Å². The van der Waals surface area contributed by atoms with Crippen LogP contribution in [-0.2, 0) is 7.05 Å². The number of aliphatic hydroxyl groups excluding tert-OH is 1. The first-order valence-corrected chi connectivity index (χ1v) is 6.50. The van der Waals surface area contributed by atoms with Gasteiger partial charge in [-0.15, -0.1) is 0 Å². The minimum atomic E-state index is -0.359. The Morgan fingerprint density at radius 3 is 2.79 bits per heavy atom. The summed E-state index contributed by atoms with van der Waals surface area (Å²) in [6.07, 6.45) is 0.874. The van der Waals surface area contributed by atoms with Crippen LogP contribution in [-0.4, -0.2) is 23.3 Å². The van der Waals surface area contributed by atoms with Gasteiger partial charge >= 0.3 is 5.76 Å². The first kappa shape index (κ1) is 13.8. The van der Waals surface area contributed by atoms with Gasteiger partial charge in [-0.1, -0.05) is 13.0 Å². The van der Waals surface area contributed by atoms with Gasteiger partial charge in [0.1, 0.15) is 0 Å². The van der Waals surface area contributed by atoms with Crippen molar-refractivity contribution in [3.05, 3.63) is 34.3 Å². The van der Waals surface area contributed by atoms with Crippen LogP contribution in [0.4, 0.5) is 0 Å². The zero-order valence-electron chi connectivity index (χ0n) is 11.5. The number of oxazole rings is 1. The fraction of sp³-hybridized carbons (Fsp3) is 0.500. The van der Waals surface area contributed by atoms with Crippen molar-refractivity contribution in [1.82, 2.24) is 9.88 Å². The van der Waals surface area contributed by atoms with Crippen LogP contribution in [0, 0.1) is 5.92 Å². The third-order valence-corrected chi connectivity index (χ3v) is 3.72. The average molecular weight is 264 g/mol. The molecule has 2 rings (SSSR count). The summed E-state index contributed by atoms with van der Waals surface area (Å²) in [6, 6.07) is 5.77. The Bertz CT molecular complexity index is 611. The number of benzene rings is 1. The van der Waals surface area contributed by atoms with Gasteiger partial charge in [0.25, 0.3) is 0 Å². The second kappa shape index (κ2) is 5.59. The van der Waals surface area contributed by atoms with Gasteiger partial charge in [-0.25, -0.2) is 4.79 Å². The molecule has 1 aromatic heterocycles. The molecule has 0 fully saturated rings. The smallest absolute Gasteiger partial charge is 0.408 e. The molecular weight excluding hydrogens is 244 g/mol. The van der Waals surface area contributed by atoms with Crippen LogP contribution >= 0.6 is 0 Å². The van der Waals surface area contributed by atoms with Crippen molar-refractivity contribution in [3.63, 3.8) is 0 Å². The van der Waals surface area contributed by atoms with E-state index in [1.165, 1.54) is 4.57 Å². The number of hydrogen-bond acceptors (Lipinski definition) is 4. The Labute approximate surface area is 111 Å². The molecule has 0 aliphatic rings. The highest BCUT2D eigenvalue weighted by Gasteiger charge is 2.20. The lowest BCUT2D eigenvalue weighted by atomic mass is 9.91. The molecule has 0 bridgehead atoms. The fourth-order valence-electron chi connectivity index (χ4n) is 2.49. The van der Waals surface area contributed by atoms with E-state index in [0.717, 1.165) is 17.5 Å². The fourth-order valence-corrected chi connectivity index (χ4v) is 2.49. The number of rotatable bonds is 5. The van der Waals surface area contributed by atoms with E-state index < -0.39 is 0 Å². The van der Waals surface area contributed by atoms with Gasteiger partial charge in [0.2, 0.25) is 0 Å². The van der Waals surface area contributed by atoms with Crippen LogP contribution in [0.1, 0.15) is 24.9 Å². The highest BCUT2D eigenvalue weighted by molar-refractivity contribution is 5.73. The summed E-state index contributed by atoms with van der Waals surface area (Å²) in [6.45, 7) is 2.17. The van der Waals surface area contributed by atoms with Crippen molar-refractivity contribution in [2.24, 2.45) is 13.0 Å². The van der Waals surface area contributed by atoms with Crippen LogP contribution < -0.4 is 11.1 Å². The number of aryl methyl sites for hydroxylation is 1. The van der Waals surface area contributed by atoms with Crippen molar-refractivity contribution in [1.29, 1.82) is 0 Å². The molecule has 1 aromatic carbocycles. The molecule has 2 N–H and O–H groups in total. The number of fused-ring (bicyclic) bond motifs is 1. The summed E-state index contributed by atoms with van der Waals surface area (Å²) in [5.74, 6) is -0.222. The second-order valence-electron chi connectivity index (χ2n) is 4.77. The molecule has 19 heavy (non-hydrogen) atoms. The van der Waals surface area contributed by atoms with E-state index in [9.17, 15) is 9.90 Å². The predicted molar refractivity (Wildman–Crippen MR) is 74.1 cm³/mol. The Hall–Kier alpha value is -1.59. The first-order chi connectivity index (χ1) is 9.12. The lowest BCUT2D eigenvalue weighted by Crippen LogP contribution is -2.27. The number of nitrogens with zero attached hydrogens (tertiary/aromatic N) is 1. The van der Waals surface area contributed by atoms with Gasteiger partial charge in [0, 0.05) is 25.6 Å². The third kappa shape index (κ3) is 2.43. The first-order valence-electron chi connectivity index (χ1n) is 6.50. The molecule has 0 saturated carbocycles. The van der Waals surface area contributed by atoms with Crippen LogP contribution in [0.3, 0.4) is 0 Å². The van der Waals surface area contributed by atoms with Crippen molar-refractivity contribution in [3.8, 4) is 0 Å². The minimum absolute atomic E-state index is 0.0462. The van der Waals surface area contributed by atoms with E-state index in [4.69, 9.17) is 4.42 Å². The molecule has 0 saturated heterocycles. The summed E-state index contributed by atoms with van der Waals surface area (Å²) in [5, 5.41) is 12.7. The zero-order valence-corrected chi connectivity index (χ0v) is 11.5. The molecule has 0 radical (unpaired) electrons. The number of hydrogen-bond donors (Lipinski definition) is 2. The molecular formula is C14H20N2O3. The monoisotopic (exact) mass is 264 g/mol. The van der Waals surface area contributed by atoms with E-state index in [1.54, 1.807) is 7.05 Å². The van der Waals surface area contributed by atoms with Gasteiger partial charge in [-0.3, -0.25) is 4.57 Å². The van der Waals surface area contributed by atoms with Crippen LogP contribution in [0.5, 0.6) is 0 Å². The zero-order chi connectivity index (χ0) is 14.0. The number of aliphatic hydroxyl groups is 1. The largest absolute Gasteiger partial charge is 0.419 e. The molecule has 5 heteroatoms. The summed E-state index contributed by atoms with van der Waals surface area (Å²) < 4.78 is 6.68. The third-order valence-electron chi connectivity index (χ3n) is 3.72. The average Bonchev–Trinajstić information content (AvgIpc) is 2.70. The molecule has 2 aromatic rings. The van der Waals surface area contributed by atoms with Crippen molar-refractivity contribution >= 4 is 11.1 Å². The van der Waals surface area contributed by atoms with Gasteiger partial charge < -0.3 is 14.8 Å². The molecule has 0 amide bonds. The van der Waals surface area contributed by atoms with Gasteiger partial charge in [-0.2, -0.15) is 0 Å². The maximum absolute atomic E-state index is 11.5. The van der Waals surface area contributed by atoms with E-state index in [1.807, 2.05) is 32.2 Å². The molecule has 0 aliphatic heterocycles. The van der Waals surface area contributed by atoms with E-state index in [0.29, 0.717) is 5.58 Å². The maximum Gasteiger partial charge on any atom is 0.419 e. The topological polar surface area (TPSA) is 67.4 Å². The lowest BCUT2D eigenvalue weighted by molar-refractivity contribution is 0.189. The Morgan fingerprint density at radius 1 is 1.47 bits per heavy atom. The van der Waals surface area contributed by atoms with Crippen LogP contribution in [0.2, 0.25) is 0 Å².